The molecule has 0 bridgehead atoms. The standard InChI is InChI=1S/C15H12ClFN6O3/c16-11-2-1-3-12(17)10(11)8-21-6-4-13(19-21)18-15(24)9-22-7-5-14(20-22)23(25)26/h1-7H,8-9H2,(H,18,19,24). The summed E-state index contributed by atoms with van der Waals surface area (Å²) in [6.07, 6.45) is 2.90. The molecule has 2 heterocycles. The van der Waals surface area contributed by atoms with Crippen LogP contribution in [0.1, 0.15) is 5.56 Å². The molecule has 0 radical (unpaired) electrons. The molecule has 0 spiro atoms. The maximum Gasteiger partial charge on any atom is 0.389 e. The summed E-state index contributed by atoms with van der Waals surface area (Å²) in [4.78, 5) is 21.9. The Kier molecular flexibility index (Phi) is 4.94. The van der Waals surface area contributed by atoms with E-state index in [0.717, 1.165) is 4.68 Å². The average molecular weight is 379 g/mol. The molecule has 0 saturated carbocycles. The zero-order valence-corrected chi connectivity index (χ0v) is 13.9. The minimum absolute atomic E-state index is 0.104. The van der Waals surface area contributed by atoms with Gasteiger partial charge < -0.3 is 15.4 Å². The summed E-state index contributed by atoms with van der Waals surface area (Å²) in [5.74, 6) is -0.996. The molecular formula is C15H12ClFN6O3. The van der Waals surface area contributed by atoms with Gasteiger partial charge in [-0.25, -0.2) is 4.39 Å². The minimum Gasteiger partial charge on any atom is -0.358 e. The van der Waals surface area contributed by atoms with Gasteiger partial charge in [0.2, 0.25) is 5.91 Å². The Labute approximate surface area is 151 Å². The van der Waals surface area contributed by atoms with E-state index in [1.165, 1.54) is 35.1 Å². The number of nitrogens with zero attached hydrogens (tertiary/aromatic N) is 5. The van der Waals surface area contributed by atoms with Crippen molar-refractivity contribution >= 4 is 29.1 Å². The van der Waals surface area contributed by atoms with Crippen LogP contribution in [0.15, 0.2) is 42.7 Å². The molecule has 26 heavy (non-hydrogen) atoms. The first-order valence-corrected chi connectivity index (χ1v) is 7.74. The lowest BCUT2D eigenvalue weighted by atomic mass is 10.2. The molecule has 11 heteroatoms. The fraction of sp³-hybridized carbons (Fsp3) is 0.133. The Hall–Kier alpha value is -3.27. The largest absolute Gasteiger partial charge is 0.389 e. The van der Waals surface area contributed by atoms with Crippen LogP contribution in [-0.2, 0) is 17.9 Å². The summed E-state index contributed by atoms with van der Waals surface area (Å²) in [6.45, 7) is -0.105. The van der Waals surface area contributed by atoms with Crippen LogP contribution < -0.4 is 5.32 Å². The molecule has 1 aromatic carbocycles. The first kappa shape index (κ1) is 17.5. The SMILES string of the molecule is O=C(Cn1ccc([N+](=O)[O-])n1)Nc1ccn(Cc2c(F)cccc2Cl)n1. The summed E-state index contributed by atoms with van der Waals surface area (Å²) in [7, 11) is 0. The van der Waals surface area contributed by atoms with E-state index in [1.54, 1.807) is 12.3 Å². The minimum atomic E-state index is -0.649. The van der Waals surface area contributed by atoms with Crippen LogP contribution in [0.5, 0.6) is 0 Å². The first-order valence-electron chi connectivity index (χ1n) is 7.36. The fourth-order valence-corrected chi connectivity index (χ4v) is 2.45. The van der Waals surface area contributed by atoms with Crippen LogP contribution in [0.4, 0.5) is 16.0 Å². The van der Waals surface area contributed by atoms with Crippen LogP contribution in [0, 0.1) is 15.9 Å². The van der Waals surface area contributed by atoms with E-state index in [4.69, 9.17) is 11.6 Å². The molecular weight excluding hydrogens is 367 g/mol. The maximum absolute atomic E-state index is 13.8. The number of carbonyl (C=O) groups excluding carboxylic acids is 1. The van der Waals surface area contributed by atoms with Gasteiger partial charge in [-0.1, -0.05) is 17.7 Å². The van der Waals surface area contributed by atoms with Crippen molar-refractivity contribution < 1.29 is 14.1 Å². The fourth-order valence-electron chi connectivity index (χ4n) is 2.23. The van der Waals surface area contributed by atoms with E-state index < -0.39 is 16.6 Å². The van der Waals surface area contributed by atoms with Crippen molar-refractivity contribution in [2.24, 2.45) is 0 Å². The quantitative estimate of drug-likeness (QED) is 0.523. The zero-order valence-electron chi connectivity index (χ0n) is 13.2. The summed E-state index contributed by atoms with van der Waals surface area (Å²) in [5.41, 5.74) is 0.291. The number of carbonyl (C=O) groups is 1. The molecule has 3 aromatic rings. The zero-order chi connectivity index (χ0) is 18.7. The highest BCUT2D eigenvalue weighted by molar-refractivity contribution is 6.31. The summed E-state index contributed by atoms with van der Waals surface area (Å²) < 4.78 is 16.4. The number of hydrogen-bond acceptors (Lipinski definition) is 5. The Balaban J connectivity index is 1.62. The van der Waals surface area contributed by atoms with E-state index in [-0.39, 0.29) is 29.7 Å². The van der Waals surface area contributed by atoms with E-state index in [9.17, 15) is 19.3 Å². The molecule has 0 aliphatic rings. The molecule has 2 aromatic heterocycles. The Bertz CT molecular complexity index is 950. The normalized spacial score (nSPS) is 10.7. The Morgan fingerprint density at radius 3 is 2.69 bits per heavy atom. The smallest absolute Gasteiger partial charge is 0.358 e. The predicted molar refractivity (Wildman–Crippen MR) is 90.3 cm³/mol. The van der Waals surface area contributed by atoms with E-state index in [1.807, 2.05) is 0 Å². The van der Waals surface area contributed by atoms with Crippen molar-refractivity contribution in [3.8, 4) is 0 Å². The molecule has 0 fully saturated rings. The third kappa shape index (κ3) is 4.03. The number of nitrogens with one attached hydrogen (secondary N) is 1. The van der Waals surface area contributed by atoms with Gasteiger partial charge in [-0.3, -0.25) is 9.48 Å². The molecule has 0 unspecified atom stereocenters. The summed E-state index contributed by atoms with van der Waals surface area (Å²) >= 11 is 5.98. The molecule has 1 amide bonds. The molecule has 0 aliphatic heterocycles. The lowest BCUT2D eigenvalue weighted by molar-refractivity contribution is -0.389. The summed E-state index contributed by atoms with van der Waals surface area (Å²) in [5, 5.41) is 21.2. The van der Waals surface area contributed by atoms with Crippen LogP contribution in [0.3, 0.4) is 0 Å². The number of halogens is 2. The van der Waals surface area contributed by atoms with Gasteiger partial charge in [-0.2, -0.15) is 9.78 Å². The number of hydrogen-bond donors (Lipinski definition) is 1. The van der Waals surface area contributed by atoms with E-state index in [0.29, 0.717) is 5.56 Å². The number of amides is 1. The van der Waals surface area contributed by atoms with Crippen molar-refractivity contribution in [1.29, 1.82) is 0 Å². The summed E-state index contributed by atoms with van der Waals surface area (Å²) in [6, 6.07) is 7.12. The van der Waals surface area contributed by atoms with Crippen LogP contribution in [0.2, 0.25) is 5.02 Å². The highest BCUT2D eigenvalue weighted by Gasteiger charge is 2.14. The first-order chi connectivity index (χ1) is 12.4. The highest BCUT2D eigenvalue weighted by Crippen LogP contribution is 2.20. The second-order valence-corrected chi connectivity index (χ2v) is 5.68. The number of aromatic nitrogens is 4. The Morgan fingerprint density at radius 1 is 1.23 bits per heavy atom. The number of anilines is 1. The van der Waals surface area contributed by atoms with Gasteiger partial charge in [0.25, 0.3) is 0 Å². The molecule has 0 aliphatic carbocycles. The van der Waals surface area contributed by atoms with Gasteiger partial charge in [-0.05, 0) is 17.1 Å². The topological polar surface area (TPSA) is 108 Å². The van der Waals surface area contributed by atoms with Gasteiger partial charge in [0.15, 0.2) is 5.82 Å². The molecule has 9 nitrogen and oxygen atoms in total. The van der Waals surface area contributed by atoms with Crippen LogP contribution in [0.25, 0.3) is 0 Å². The number of benzene rings is 1. The van der Waals surface area contributed by atoms with Crippen LogP contribution in [-0.4, -0.2) is 30.4 Å². The number of rotatable bonds is 6. The van der Waals surface area contributed by atoms with Gasteiger partial charge in [0, 0.05) is 22.8 Å². The van der Waals surface area contributed by atoms with Crippen molar-refractivity contribution in [1.82, 2.24) is 19.6 Å². The van der Waals surface area contributed by atoms with Gasteiger partial charge in [0.1, 0.15) is 12.4 Å². The molecule has 0 saturated heterocycles. The maximum atomic E-state index is 13.8. The number of nitro groups is 1. The van der Waals surface area contributed by atoms with E-state index >= 15 is 0 Å². The van der Waals surface area contributed by atoms with E-state index in [2.05, 4.69) is 15.5 Å². The highest BCUT2D eigenvalue weighted by atomic mass is 35.5. The lowest BCUT2D eigenvalue weighted by Gasteiger charge is -2.06. The van der Waals surface area contributed by atoms with Crippen molar-refractivity contribution in [3.63, 3.8) is 0 Å². The average Bonchev–Trinajstić information content (AvgIpc) is 3.21. The monoisotopic (exact) mass is 378 g/mol. The van der Waals surface area contributed by atoms with Gasteiger partial charge >= 0.3 is 5.82 Å². The van der Waals surface area contributed by atoms with Crippen molar-refractivity contribution in [2.45, 2.75) is 13.1 Å². The van der Waals surface area contributed by atoms with Crippen molar-refractivity contribution in [2.75, 3.05) is 5.32 Å². The molecule has 3 rings (SSSR count). The predicted octanol–water partition coefficient (Wildman–Crippen LogP) is 2.47. The third-order valence-electron chi connectivity index (χ3n) is 3.41. The third-order valence-corrected chi connectivity index (χ3v) is 3.76. The van der Waals surface area contributed by atoms with Crippen LogP contribution >= 0.6 is 11.6 Å². The lowest BCUT2D eigenvalue weighted by Crippen LogP contribution is -2.19. The van der Waals surface area contributed by atoms with Gasteiger partial charge in [0.05, 0.1) is 23.9 Å². The molecule has 1 N–H and O–H groups in total. The second-order valence-electron chi connectivity index (χ2n) is 5.28. The molecule has 134 valence electrons. The van der Waals surface area contributed by atoms with Crippen molar-refractivity contribution in [3.05, 3.63) is 69.2 Å². The van der Waals surface area contributed by atoms with Gasteiger partial charge in [-0.15, -0.1) is 0 Å². The second kappa shape index (κ2) is 7.31. The Morgan fingerprint density at radius 2 is 2.00 bits per heavy atom. The molecule has 0 atom stereocenters.